The number of anilines is 1. The van der Waals surface area contributed by atoms with E-state index >= 15 is 0 Å². The van der Waals surface area contributed by atoms with E-state index in [4.69, 9.17) is 23.2 Å². The number of benzene rings is 3. The number of amides is 1. The van der Waals surface area contributed by atoms with Crippen LogP contribution in [0.15, 0.2) is 78.4 Å². The first-order valence-corrected chi connectivity index (χ1v) is 9.74. The van der Waals surface area contributed by atoms with Crippen molar-refractivity contribution in [1.82, 2.24) is 0 Å². The largest absolute Gasteiger partial charge is 0.508 e. The Kier molecular flexibility index (Phi) is 5.24. The third-order valence-electron chi connectivity index (χ3n) is 4.88. The van der Waals surface area contributed by atoms with Gasteiger partial charge in [0.05, 0.1) is 21.7 Å². The molecule has 0 radical (unpaired) electrons. The van der Waals surface area contributed by atoms with E-state index in [0.717, 1.165) is 0 Å². The summed E-state index contributed by atoms with van der Waals surface area (Å²) in [5, 5.41) is 21.1. The molecule has 1 heterocycles. The minimum absolute atomic E-state index is 0.0355. The van der Waals surface area contributed by atoms with Crippen LogP contribution in [0.5, 0.6) is 5.75 Å². The molecule has 2 N–H and O–H groups in total. The summed E-state index contributed by atoms with van der Waals surface area (Å²) in [6.07, 6.45) is 0. The molecule has 0 aliphatic carbocycles. The Morgan fingerprint density at radius 1 is 0.867 bits per heavy atom. The van der Waals surface area contributed by atoms with Gasteiger partial charge in [-0.25, -0.2) is 0 Å². The highest BCUT2D eigenvalue weighted by Crippen LogP contribution is 2.43. The Bertz CT molecular complexity index is 1170. The molecular weight excluding hydrogens is 425 g/mol. The van der Waals surface area contributed by atoms with Crippen LogP contribution in [-0.4, -0.2) is 21.9 Å². The molecule has 1 aliphatic rings. The Labute approximate surface area is 182 Å². The van der Waals surface area contributed by atoms with E-state index in [1.54, 1.807) is 48.5 Å². The van der Waals surface area contributed by atoms with Gasteiger partial charge in [0.25, 0.3) is 11.7 Å². The monoisotopic (exact) mass is 439 g/mol. The summed E-state index contributed by atoms with van der Waals surface area (Å²) >= 11 is 12.1. The molecule has 1 fully saturated rings. The van der Waals surface area contributed by atoms with Crippen LogP contribution < -0.4 is 4.90 Å². The van der Waals surface area contributed by atoms with E-state index in [0.29, 0.717) is 21.8 Å². The van der Waals surface area contributed by atoms with Crippen molar-refractivity contribution in [2.45, 2.75) is 6.04 Å². The molecule has 1 amide bonds. The lowest BCUT2D eigenvalue weighted by Gasteiger charge is -2.25. The fourth-order valence-electron chi connectivity index (χ4n) is 3.46. The van der Waals surface area contributed by atoms with E-state index in [9.17, 15) is 19.8 Å². The van der Waals surface area contributed by atoms with Crippen molar-refractivity contribution in [2.75, 3.05) is 4.90 Å². The fourth-order valence-corrected chi connectivity index (χ4v) is 3.75. The predicted molar refractivity (Wildman–Crippen MR) is 116 cm³/mol. The van der Waals surface area contributed by atoms with Gasteiger partial charge in [0.15, 0.2) is 0 Å². The number of carbonyl (C=O) groups is 2. The molecule has 4 rings (SSSR count). The van der Waals surface area contributed by atoms with Crippen molar-refractivity contribution in [3.63, 3.8) is 0 Å². The van der Waals surface area contributed by atoms with E-state index in [-0.39, 0.29) is 22.1 Å². The SMILES string of the molecule is O=C1C(=O)N(c2ccc(Cl)c(Cl)c2)C(c2ccc(O)cc2)/C1=C(\O)c1ccccc1. The Hall–Kier alpha value is -3.28. The van der Waals surface area contributed by atoms with E-state index < -0.39 is 17.7 Å². The maximum Gasteiger partial charge on any atom is 0.300 e. The topological polar surface area (TPSA) is 77.8 Å². The molecular formula is C23H15Cl2NO4. The van der Waals surface area contributed by atoms with Gasteiger partial charge in [-0.1, -0.05) is 65.7 Å². The first kappa shape index (κ1) is 20.0. The maximum atomic E-state index is 13.0. The lowest BCUT2D eigenvalue weighted by molar-refractivity contribution is -0.132. The second-order valence-electron chi connectivity index (χ2n) is 6.73. The summed E-state index contributed by atoms with van der Waals surface area (Å²) in [6.45, 7) is 0. The van der Waals surface area contributed by atoms with Crippen LogP contribution in [0.2, 0.25) is 10.0 Å². The van der Waals surface area contributed by atoms with Crippen LogP contribution in [0.25, 0.3) is 5.76 Å². The van der Waals surface area contributed by atoms with Gasteiger partial charge in [0.1, 0.15) is 11.5 Å². The number of Topliss-reactive ketones (excluding diaryl/α,β-unsaturated/α-hetero) is 1. The van der Waals surface area contributed by atoms with Gasteiger partial charge in [-0.05, 0) is 35.9 Å². The number of hydrogen-bond donors (Lipinski definition) is 2. The zero-order chi connectivity index (χ0) is 21.4. The van der Waals surface area contributed by atoms with Crippen LogP contribution in [0.4, 0.5) is 5.69 Å². The van der Waals surface area contributed by atoms with Crippen molar-refractivity contribution in [3.8, 4) is 5.75 Å². The number of halogens is 2. The third kappa shape index (κ3) is 3.43. The normalized spacial score (nSPS) is 18.1. The smallest absolute Gasteiger partial charge is 0.300 e. The fraction of sp³-hybridized carbons (Fsp3) is 0.0435. The molecule has 30 heavy (non-hydrogen) atoms. The molecule has 0 saturated carbocycles. The van der Waals surface area contributed by atoms with Gasteiger partial charge in [0, 0.05) is 11.3 Å². The summed E-state index contributed by atoms with van der Waals surface area (Å²) in [6, 6.07) is 18.3. The number of aromatic hydroxyl groups is 1. The second-order valence-corrected chi connectivity index (χ2v) is 7.54. The number of carbonyl (C=O) groups excluding carboxylic acids is 2. The Balaban J connectivity index is 1.95. The molecule has 150 valence electrons. The molecule has 3 aromatic carbocycles. The highest BCUT2D eigenvalue weighted by Gasteiger charge is 2.47. The van der Waals surface area contributed by atoms with E-state index in [1.807, 2.05) is 0 Å². The van der Waals surface area contributed by atoms with Crippen molar-refractivity contribution in [3.05, 3.63) is 99.5 Å². The lowest BCUT2D eigenvalue weighted by Crippen LogP contribution is -2.29. The van der Waals surface area contributed by atoms with Crippen LogP contribution in [-0.2, 0) is 9.59 Å². The number of ketones is 1. The summed E-state index contributed by atoms with van der Waals surface area (Å²) in [5.41, 5.74) is 1.25. The van der Waals surface area contributed by atoms with Gasteiger partial charge < -0.3 is 10.2 Å². The zero-order valence-electron chi connectivity index (χ0n) is 15.4. The molecule has 3 aromatic rings. The molecule has 0 aromatic heterocycles. The van der Waals surface area contributed by atoms with Crippen LogP contribution in [0.3, 0.4) is 0 Å². The molecule has 0 bridgehead atoms. The minimum Gasteiger partial charge on any atom is -0.508 e. The molecule has 1 atom stereocenters. The second kappa shape index (κ2) is 7.86. The molecule has 1 aliphatic heterocycles. The Morgan fingerprint density at radius 2 is 1.53 bits per heavy atom. The van der Waals surface area contributed by atoms with E-state index in [1.165, 1.54) is 29.2 Å². The number of aliphatic hydroxyl groups is 1. The van der Waals surface area contributed by atoms with Crippen LogP contribution >= 0.6 is 23.2 Å². The van der Waals surface area contributed by atoms with Gasteiger partial charge in [-0.3, -0.25) is 14.5 Å². The van der Waals surface area contributed by atoms with Crippen LogP contribution in [0, 0.1) is 0 Å². The minimum atomic E-state index is -0.914. The molecule has 7 heteroatoms. The first-order valence-electron chi connectivity index (χ1n) is 8.99. The highest BCUT2D eigenvalue weighted by atomic mass is 35.5. The van der Waals surface area contributed by atoms with Gasteiger partial charge >= 0.3 is 0 Å². The number of aliphatic hydroxyl groups excluding tert-OH is 1. The average Bonchev–Trinajstić information content (AvgIpc) is 3.01. The Morgan fingerprint density at radius 3 is 2.17 bits per heavy atom. The molecule has 0 spiro atoms. The van der Waals surface area contributed by atoms with Crippen molar-refractivity contribution in [2.24, 2.45) is 0 Å². The van der Waals surface area contributed by atoms with Gasteiger partial charge in [-0.15, -0.1) is 0 Å². The van der Waals surface area contributed by atoms with E-state index in [2.05, 4.69) is 0 Å². The molecule has 1 saturated heterocycles. The summed E-state index contributed by atoms with van der Waals surface area (Å²) in [7, 11) is 0. The molecule has 5 nitrogen and oxygen atoms in total. The zero-order valence-corrected chi connectivity index (χ0v) is 16.9. The summed E-state index contributed by atoms with van der Waals surface area (Å²) in [5.74, 6) is -1.87. The number of nitrogens with zero attached hydrogens (tertiary/aromatic N) is 1. The van der Waals surface area contributed by atoms with Crippen molar-refractivity contribution < 1.29 is 19.8 Å². The van der Waals surface area contributed by atoms with Gasteiger partial charge in [-0.2, -0.15) is 0 Å². The molecule has 1 unspecified atom stereocenters. The number of rotatable bonds is 3. The number of phenols is 1. The number of phenolic OH excluding ortho intramolecular Hbond substituents is 1. The van der Waals surface area contributed by atoms with Crippen molar-refractivity contribution in [1.29, 1.82) is 0 Å². The quantitative estimate of drug-likeness (QED) is 0.328. The predicted octanol–water partition coefficient (Wildman–Crippen LogP) is 5.33. The standard InChI is InChI=1S/C23H15Cl2NO4/c24-17-11-8-15(12-18(17)25)26-20(13-6-9-16(27)10-7-13)19(22(29)23(26)30)21(28)14-4-2-1-3-5-14/h1-12,20,27-28H/b21-19+. The number of hydrogen-bond acceptors (Lipinski definition) is 4. The summed E-state index contributed by atoms with van der Waals surface area (Å²) < 4.78 is 0. The first-order chi connectivity index (χ1) is 14.4. The maximum absolute atomic E-state index is 13.0. The average molecular weight is 440 g/mol. The summed E-state index contributed by atoms with van der Waals surface area (Å²) in [4.78, 5) is 27.3. The highest BCUT2D eigenvalue weighted by molar-refractivity contribution is 6.52. The van der Waals surface area contributed by atoms with Crippen molar-refractivity contribution >= 4 is 46.3 Å². The van der Waals surface area contributed by atoms with Gasteiger partial charge in [0.2, 0.25) is 0 Å². The lowest BCUT2D eigenvalue weighted by atomic mass is 9.95. The van der Waals surface area contributed by atoms with Crippen LogP contribution in [0.1, 0.15) is 17.2 Å². The third-order valence-corrected chi connectivity index (χ3v) is 5.62.